The summed E-state index contributed by atoms with van der Waals surface area (Å²) in [7, 11) is -1.76. The summed E-state index contributed by atoms with van der Waals surface area (Å²) in [6, 6.07) is 0. The molecule has 0 spiro atoms. The van der Waals surface area contributed by atoms with Crippen LogP contribution in [0.1, 0.15) is 32.4 Å². The fraction of sp³-hybridized carbons (Fsp3) is 0.714. The number of amides is 1. The van der Waals surface area contributed by atoms with Crippen molar-refractivity contribution < 1.29 is 13.2 Å². The first-order chi connectivity index (χ1) is 10.3. The number of aryl methyl sites for hydroxylation is 2. The lowest BCUT2D eigenvalue weighted by atomic mass is 10.3. The van der Waals surface area contributed by atoms with Gasteiger partial charge in [0.15, 0.2) is 14.9 Å². The van der Waals surface area contributed by atoms with E-state index in [1.807, 2.05) is 6.92 Å². The molecule has 1 aromatic rings. The van der Waals surface area contributed by atoms with Crippen LogP contribution in [0.15, 0.2) is 5.03 Å². The van der Waals surface area contributed by atoms with Gasteiger partial charge in [-0.25, -0.2) is 8.42 Å². The van der Waals surface area contributed by atoms with Gasteiger partial charge in [0.2, 0.25) is 5.91 Å². The fourth-order valence-electron chi connectivity index (χ4n) is 2.62. The Labute approximate surface area is 136 Å². The highest BCUT2D eigenvalue weighted by atomic mass is 32.2. The Hall–Kier alpha value is -1.02. The second-order valence-corrected chi connectivity index (χ2v) is 9.01. The summed E-state index contributed by atoms with van der Waals surface area (Å²) in [5.41, 5.74) is 1.04. The van der Waals surface area contributed by atoms with E-state index in [-0.39, 0.29) is 28.5 Å². The topological polar surface area (TPSA) is 72.3 Å². The summed E-state index contributed by atoms with van der Waals surface area (Å²) >= 11 is 1.62. The van der Waals surface area contributed by atoms with E-state index in [1.54, 1.807) is 30.6 Å². The Balaban J connectivity index is 2.29. The quantitative estimate of drug-likeness (QED) is 0.761. The molecule has 1 aromatic heterocycles. The van der Waals surface area contributed by atoms with Crippen LogP contribution in [0.25, 0.3) is 0 Å². The van der Waals surface area contributed by atoms with Gasteiger partial charge in [-0.1, -0.05) is 13.3 Å². The summed E-state index contributed by atoms with van der Waals surface area (Å²) < 4.78 is 25.9. The van der Waals surface area contributed by atoms with Gasteiger partial charge in [-0.15, -0.1) is 11.8 Å². The molecule has 0 aliphatic carbocycles. The molecule has 1 unspecified atom stereocenters. The number of rotatable bonds is 5. The molecule has 1 amide bonds. The predicted molar refractivity (Wildman–Crippen MR) is 89.2 cm³/mol. The Morgan fingerprint density at radius 1 is 1.45 bits per heavy atom. The fourth-order valence-corrected chi connectivity index (χ4v) is 5.31. The molecule has 0 aromatic carbocycles. The van der Waals surface area contributed by atoms with E-state index in [0.29, 0.717) is 11.4 Å². The van der Waals surface area contributed by atoms with Crippen LogP contribution in [0.3, 0.4) is 0 Å². The number of nitrogens with zero attached hydrogens (tertiary/aromatic N) is 3. The Morgan fingerprint density at radius 2 is 2.14 bits per heavy atom. The van der Waals surface area contributed by atoms with Crippen LogP contribution in [-0.4, -0.2) is 47.4 Å². The number of carbonyl (C=O) groups is 1. The Morgan fingerprint density at radius 3 is 2.77 bits per heavy atom. The zero-order valence-electron chi connectivity index (χ0n) is 13.5. The number of carbonyl (C=O) groups excluding carboxylic acids is 1. The van der Waals surface area contributed by atoms with Gasteiger partial charge in [0.05, 0.1) is 16.7 Å². The van der Waals surface area contributed by atoms with Crippen molar-refractivity contribution in [2.75, 3.05) is 23.0 Å². The molecule has 22 heavy (non-hydrogen) atoms. The minimum Gasteiger partial charge on any atom is -0.306 e. The maximum absolute atomic E-state index is 12.7. The molecule has 0 N–H and O–H groups in total. The molecule has 0 radical (unpaired) electrons. The number of unbranched alkanes of at least 4 members (excludes halogenated alkanes) is 1. The largest absolute Gasteiger partial charge is 0.306 e. The highest BCUT2D eigenvalue weighted by Gasteiger charge is 2.38. The maximum atomic E-state index is 12.7. The SMILES string of the molecule is CCCCSC(C)C(=O)N1CCS(=O)(=O)c2c1c(C)nn2C. The van der Waals surface area contributed by atoms with E-state index in [1.165, 1.54) is 4.68 Å². The smallest absolute Gasteiger partial charge is 0.239 e. The second-order valence-electron chi connectivity index (χ2n) is 5.54. The zero-order chi connectivity index (χ0) is 16.5. The van der Waals surface area contributed by atoms with Crippen LogP contribution in [0, 0.1) is 6.92 Å². The average Bonchev–Trinajstić information content (AvgIpc) is 2.75. The van der Waals surface area contributed by atoms with Crippen molar-refractivity contribution in [3.8, 4) is 0 Å². The van der Waals surface area contributed by atoms with Crippen LogP contribution in [0.5, 0.6) is 0 Å². The van der Waals surface area contributed by atoms with Gasteiger partial charge in [0, 0.05) is 13.6 Å². The number of hydrogen-bond acceptors (Lipinski definition) is 5. The summed E-state index contributed by atoms with van der Waals surface area (Å²) in [5.74, 6) is 0.860. The van der Waals surface area contributed by atoms with Crippen molar-refractivity contribution in [2.45, 2.75) is 43.9 Å². The molecule has 1 aliphatic heterocycles. The first kappa shape index (κ1) is 17.3. The van der Waals surface area contributed by atoms with Crippen LogP contribution in [0.2, 0.25) is 0 Å². The first-order valence-electron chi connectivity index (χ1n) is 7.49. The Kier molecular flexibility index (Phi) is 5.21. The molecule has 124 valence electrons. The number of thioether (sulfide) groups is 1. The number of hydrogen-bond donors (Lipinski definition) is 0. The molecule has 1 aliphatic rings. The molecule has 0 bridgehead atoms. The van der Waals surface area contributed by atoms with Crippen molar-refractivity contribution >= 4 is 33.2 Å². The van der Waals surface area contributed by atoms with Gasteiger partial charge < -0.3 is 4.90 Å². The molecule has 1 atom stereocenters. The molecule has 0 saturated carbocycles. The van der Waals surface area contributed by atoms with Gasteiger partial charge in [-0.3, -0.25) is 9.48 Å². The monoisotopic (exact) mass is 345 g/mol. The lowest BCUT2D eigenvalue weighted by molar-refractivity contribution is -0.117. The summed E-state index contributed by atoms with van der Waals surface area (Å²) in [5, 5.41) is 4.17. The summed E-state index contributed by atoms with van der Waals surface area (Å²) in [6.45, 7) is 5.96. The third-order valence-corrected chi connectivity index (χ3v) is 6.76. The van der Waals surface area contributed by atoms with Crippen LogP contribution in [-0.2, 0) is 21.7 Å². The molecule has 8 heteroatoms. The first-order valence-corrected chi connectivity index (χ1v) is 10.2. The van der Waals surface area contributed by atoms with Gasteiger partial charge in [0.1, 0.15) is 5.69 Å². The third-order valence-electron chi connectivity index (χ3n) is 3.77. The maximum Gasteiger partial charge on any atom is 0.239 e. The van der Waals surface area contributed by atoms with E-state index >= 15 is 0 Å². The van der Waals surface area contributed by atoms with Crippen LogP contribution >= 0.6 is 11.8 Å². The lowest BCUT2D eigenvalue weighted by Gasteiger charge is -2.29. The summed E-state index contributed by atoms with van der Waals surface area (Å²) in [4.78, 5) is 14.3. The summed E-state index contributed by atoms with van der Waals surface area (Å²) in [6.07, 6.45) is 2.18. The molecule has 2 heterocycles. The number of aromatic nitrogens is 2. The zero-order valence-corrected chi connectivity index (χ0v) is 15.1. The van der Waals surface area contributed by atoms with Crippen molar-refractivity contribution in [3.63, 3.8) is 0 Å². The number of sulfone groups is 1. The highest BCUT2D eigenvalue weighted by molar-refractivity contribution is 8.00. The molecule has 0 saturated heterocycles. The van der Waals surface area contributed by atoms with E-state index < -0.39 is 9.84 Å². The van der Waals surface area contributed by atoms with Crippen molar-refractivity contribution in [3.05, 3.63) is 5.69 Å². The normalized spacial score (nSPS) is 18.1. The molecular weight excluding hydrogens is 322 g/mol. The minimum atomic E-state index is -3.37. The van der Waals surface area contributed by atoms with Crippen molar-refractivity contribution in [1.29, 1.82) is 0 Å². The molecular formula is C14H23N3O3S2. The number of fused-ring (bicyclic) bond motifs is 1. The van der Waals surface area contributed by atoms with E-state index in [4.69, 9.17) is 0 Å². The Bertz CT molecular complexity index is 667. The predicted octanol–water partition coefficient (Wildman–Crippen LogP) is 1.77. The van der Waals surface area contributed by atoms with Gasteiger partial charge in [-0.2, -0.15) is 5.10 Å². The minimum absolute atomic E-state index is 0.0339. The second kappa shape index (κ2) is 6.62. The van der Waals surface area contributed by atoms with Crippen molar-refractivity contribution in [2.24, 2.45) is 7.05 Å². The van der Waals surface area contributed by atoms with Crippen LogP contribution < -0.4 is 4.90 Å². The van der Waals surface area contributed by atoms with Crippen LogP contribution in [0.4, 0.5) is 5.69 Å². The molecule has 2 rings (SSSR count). The standard InChI is InChI=1S/C14H23N3O3S2/c1-5-6-8-21-11(3)13(18)17-7-9-22(19,20)14-12(17)10(2)15-16(14)4/h11H,5-9H2,1-4H3. The van der Waals surface area contributed by atoms with E-state index in [0.717, 1.165) is 18.6 Å². The average molecular weight is 345 g/mol. The molecule has 0 fully saturated rings. The van der Waals surface area contributed by atoms with E-state index in [9.17, 15) is 13.2 Å². The highest BCUT2D eigenvalue weighted by Crippen LogP contribution is 2.34. The van der Waals surface area contributed by atoms with Gasteiger partial charge in [0.25, 0.3) is 0 Å². The molecule has 6 nitrogen and oxygen atoms in total. The van der Waals surface area contributed by atoms with E-state index in [2.05, 4.69) is 12.0 Å². The van der Waals surface area contributed by atoms with Gasteiger partial charge in [-0.05, 0) is 26.0 Å². The third kappa shape index (κ3) is 3.17. The lowest BCUT2D eigenvalue weighted by Crippen LogP contribution is -2.43. The number of anilines is 1. The van der Waals surface area contributed by atoms with Gasteiger partial charge >= 0.3 is 0 Å². The van der Waals surface area contributed by atoms with Crippen molar-refractivity contribution in [1.82, 2.24) is 9.78 Å².